The van der Waals surface area contributed by atoms with E-state index in [-0.39, 0.29) is 18.3 Å². The van der Waals surface area contributed by atoms with Crippen LogP contribution in [0.15, 0.2) is 47.0 Å². The van der Waals surface area contributed by atoms with Crippen LogP contribution in [0.5, 0.6) is 0 Å². The van der Waals surface area contributed by atoms with Crippen molar-refractivity contribution in [1.82, 2.24) is 4.90 Å². The number of hydrogen-bond donors (Lipinski definition) is 0. The molecule has 0 aliphatic rings. The number of benzene rings is 1. The molecule has 0 aromatic heterocycles. The predicted molar refractivity (Wildman–Crippen MR) is 83.8 cm³/mol. The first-order valence-electron chi connectivity index (χ1n) is 6.50. The standard InChI is InChI=1S/C16H19BrFNO/c1-4-6-12(3)16(20)19(9-5-2)11-13-10-14(17)7-8-15(13)18/h5-8,10H,2,4,9,11H2,1,3H3/b12-6-. The van der Waals surface area contributed by atoms with Crippen molar-refractivity contribution in [3.8, 4) is 0 Å². The molecule has 1 aromatic rings. The van der Waals surface area contributed by atoms with Crippen molar-refractivity contribution in [2.75, 3.05) is 6.54 Å². The number of carbonyl (C=O) groups excluding carboxylic acids is 1. The van der Waals surface area contributed by atoms with E-state index in [0.29, 0.717) is 17.7 Å². The minimum Gasteiger partial charge on any atom is -0.331 e. The lowest BCUT2D eigenvalue weighted by atomic mass is 10.1. The predicted octanol–water partition coefficient (Wildman–Crippen LogP) is 4.46. The molecule has 0 aliphatic heterocycles. The Balaban J connectivity index is 2.97. The molecule has 20 heavy (non-hydrogen) atoms. The van der Waals surface area contributed by atoms with Crippen molar-refractivity contribution in [2.45, 2.75) is 26.8 Å². The molecule has 108 valence electrons. The van der Waals surface area contributed by atoms with E-state index in [1.54, 1.807) is 30.0 Å². The highest BCUT2D eigenvalue weighted by Crippen LogP contribution is 2.18. The zero-order chi connectivity index (χ0) is 15.1. The quantitative estimate of drug-likeness (QED) is 0.553. The van der Waals surface area contributed by atoms with Crippen molar-refractivity contribution < 1.29 is 9.18 Å². The largest absolute Gasteiger partial charge is 0.331 e. The summed E-state index contributed by atoms with van der Waals surface area (Å²) in [5.41, 5.74) is 1.16. The Bertz CT molecular complexity index is 525. The highest BCUT2D eigenvalue weighted by molar-refractivity contribution is 9.10. The number of rotatable bonds is 6. The second-order valence-electron chi connectivity index (χ2n) is 4.51. The van der Waals surface area contributed by atoms with Crippen molar-refractivity contribution >= 4 is 21.8 Å². The fourth-order valence-electron chi connectivity index (χ4n) is 1.89. The van der Waals surface area contributed by atoms with E-state index in [2.05, 4.69) is 22.5 Å². The van der Waals surface area contributed by atoms with E-state index in [1.807, 2.05) is 13.0 Å². The SMILES string of the molecule is C=CCN(Cc1cc(Br)ccc1F)C(=O)/C(C)=C\CC. The highest BCUT2D eigenvalue weighted by atomic mass is 79.9. The normalized spacial score (nSPS) is 11.3. The summed E-state index contributed by atoms with van der Waals surface area (Å²) >= 11 is 3.31. The number of carbonyl (C=O) groups is 1. The monoisotopic (exact) mass is 339 g/mol. The lowest BCUT2D eigenvalue weighted by Gasteiger charge is -2.22. The summed E-state index contributed by atoms with van der Waals surface area (Å²) in [7, 11) is 0. The van der Waals surface area contributed by atoms with Crippen molar-refractivity contribution in [3.05, 3.63) is 58.4 Å². The topological polar surface area (TPSA) is 20.3 Å². The van der Waals surface area contributed by atoms with Crippen LogP contribution in [0.1, 0.15) is 25.8 Å². The van der Waals surface area contributed by atoms with Gasteiger partial charge < -0.3 is 4.90 Å². The molecule has 0 bridgehead atoms. The first-order valence-corrected chi connectivity index (χ1v) is 7.29. The number of amides is 1. The lowest BCUT2D eigenvalue weighted by molar-refractivity contribution is -0.127. The first-order chi connectivity index (χ1) is 9.49. The molecule has 1 rings (SSSR count). The van der Waals surface area contributed by atoms with Gasteiger partial charge in [0.25, 0.3) is 0 Å². The Hall–Kier alpha value is -1.42. The van der Waals surface area contributed by atoms with E-state index in [1.165, 1.54) is 6.07 Å². The third-order valence-corrected chi connectivity index (χ3v) is 3.35. The molecule has 0 spiro atoms. The van der Waals surface area contributed by atoms with Crippen LogP contribution in [-0.4, -0.2) is 17.4 Å². The van der Waals surface area contributed by atoms with Gasteiger partial charge in [0.05, 0.1) is 0 Å². The van der Waals surface area contributed by atoms with Gasteiger partial charge in [-0.3, -0.25) is 4.79 Å². The molecule has 1 aromatic carbocycles. The smallest absolute Gasteiger partial charge is 0.249 e. The molecule has 1 amide bonds. The number of allylic oxidation sites excluding steroid dienone is 1. The molecule has 0 aliphatic carbocycles. The molecule has 0 fully saturated rings. The maximum atomic E-state index is 13.8. The Morgan fingerprint density at radius 3 is 2.80 bits per heavy atom. The van der Waals surface area contributed by atoms with Gasteiger partial charge in [0.1, 0.15) is 5.82 Å². The van der Waals surface area contributed by atoms with E-state index < -0.39 is 0 Å². The Kier molecular flexibility index (Phi) is 6.65. The highest BCUT2D eigenvalue weighted by Gasteiger charge is 2.16. The second-order valence-corrected chi connectivity index (χ2v) is 5.42. The van der Waals surface area contributed by atoms with E-state index in [9.17, 15) is 9.18 Å². The fraction of sp³-hybridized carbons (Fsp3) is 0.312. The molecular weight excluding hydrogens is 321 g/mol. The molecule has 0 N–H and O–H groups in total. The van der Waals surface area contributed by atoms with Crippen LogP contribution in [0.4, 0.5) is 4.39 Å². The number of hydrogen-bond acceptors (Lipinski definition) is 1. The van der Waals surface area contributed by atoms with Gasteiger partial charge in [0.2, 0.25) is 5.91 Å². The van der Waals surface area contributed by atoms with Gasteiger partial charge in [0.15, 0.2) is 0 Å². The van der Waals surface area contributed by atoms with Gasteiger partial charge in [-0.2, -0.15) is 0 Å². The number of halogens is 2. The van der Waals surface area contributed by atoms with Crippen LogP contribution in [-0.2, 0) is 11.3 Å². The summed E-state index contributed by atoms with van der Waals surface area (Å²) in [5.74, 6) is -0.404. The molecule has 0 saturated heterocycles. The summed E-state index contributed by atoms with van der Waals surface area (Å²) in [6, 6.07) is 4.73. The maximum absolute atomic E-state index is 13.8. The molecule has 0 saturated carbocycles. The molecule has 0 unspecified atom stereocenters. The van der Waals surface area contributed by atoms with Gasteiger partial charge in [-0.15, -0.1) is 6.58 Å². The lowest BCUT2D eigenvalue weighted by Crippen LogP contribution is -2.31. The summed E-state index contributed by atoms with van der Waals surface area (Å²) in [6.45, 7) is 8.02. The first kappa shape index (κ1) is 16.6. The average molecular weight is 340 g/mol. The van der Waals surface area contributed by atoms with Crippen LogP contribution in [0, 0.1) is 5.82 Å². The zero-order valence-electron chi connectivity index (χ0n) is 11.8. The number of nitrogens with zero attached hydrogens (tertiary/aromatic N) is 1. The third-order valence-electron chi connectivity index (χ3n) is 2.85. The van der Waals surface area contributed by atoms with Gasteiger partial charge in [0, 0.05) is 28.7 Å². The minimum atomic E-state index is -0.313. The summed E-state index contributed by atoms with van der Waals surface area (Å²) < 4.78 is 14.6. The van der Waals surface area contributed by atoms with Crippen molar-refractivity contribution in [2.24, 2.45) is 0 Å². The molecule has 0 atom stereocenters. The summed E-state index contributed by atoms with van der Waals surface area (Å²) in [6.07, 6.45) is 4.31. The maximum Gasteiger partial charge on any atom is 0.249 e. The third kappa shape index (κ3) is 4.60. The minimum absolute atomic E-state index is 0.0916. The van der Waals surface area contributed by atoms with Crippen LogP contribution in [0.2, 0.25) is 0 Å². The summed E-state index contributed by atoms with van der Waals surface area (Å²) in [4.78, 5) is 13.9. The molecule has 2 nitrogen and oxygen atoms in total. The molecule has 4 heteroatoms. The van der Waals surface area contributed by atoms with Crippen LogP contribution < -0.4 is 0 Å². The molecule has 0 radical (unpaired) electrons. The molecule has 0 heterocycles. The van der Waals surface area contributed by atoms with Crippen LogP contribution in [0.25, 0.3) is 0 Å². The average Bonchev–Trinajstić information content (AvgIpc) is 2.41. The van der Waals surface area contributed by atoms with Gasteiger partial charge in [-0.25, -0.2) is 4.39 Å². The van der Waals surface area contributed by atoms with Gasteiger partial charge in [-0.1, -0.05) is 35.0 Å². The second kappa shape index (κ2) is 8.00. The Labute approximate surface area is 128 Å². The van der Waals surface area contributed by atoms with Crippen molar-refractivity contribution in [1.29, 1.82) is 0 Å². The van der Waals surface area contributed by atoms with E-state index in [0.717, 1.165) is 10.9 Å². The van der Waals surface area contributed by atoms with Gasteiger partial charge >= 0.3 is 0 Å². The van der Waals surface area contributed by atoms with Crippen LogP contribution >= 0.6 is 15.9 Å². The fourth-order valence-corrected chi connectivity index (χ4v) is 2.30. The Morgan fingerprint density at radius 1 is 1.50 bits per heavy atom. The Morgan fingerprint density at radius 2 is 2.20 bits per heavy atom. The van der Waals surface area contributed by atoms with E-state index >= 15 is 0 Å². The molecular formula is C16H19BrFNO. The van der Waals surface area contributed by atoms with E-state index in [4.69, 9.17) is 0 Å². The van der Waals surface area contributed by atoms with Crippen LogP contribution in [0.3, 0.4) is 0 Å². The van der Waals surface area contributed by atoms with Crippen molar-refractivity contribution in [3.63, 3.8) is 0 Å². The van der Waals surface area contributed by atoms with Gasteiger partial charge in [-0.05, 0) is 31.5 Å². The summed E-state index contributed by atoms with van der Waals surface area (Å²) in [5, 5.41) is 0. The zero-order valence-corrected chi connectivity index (χ0v) is 13.4.